The lowest BCUT2D eigenvalue weighted by Crippen LogP contribution is -2.29. The van der Waals surface area contributed by atoms with Crippen LogP contribution in [0.1, 0.15) is 25.8 Å². The van der Waals surface area contributed by atoms with Gasteiger partial charge in [-0.25, -0.2) is 0 Å². The van der Waals surface area contributed by atoms with E-state index in [2.05, 4.69) is 65.2 Å². The highest BCUT2D eigenvalue weighted by atomic mass is 79.9. The van der Waals surface area contributed by atoms with Crippen molar-refractivity contribution in [3.05, 3.63) is 34.3 Å². The zero-order valence-corrected chi connectivity index (χ0v) is 12.6. The molecule has 0 spiro atoms. The summed E-state index contributed by atoms with van der Waals surface area (Å²) in [6.45, 7) is 7.62. The van der Waals surface area contributed by atoms with Crippen molar-refractivity contribution in [1.82, 2.24) is 10.2 Å². The number of nitrogens with one attached hydrogen (secondary N) is 1. The summed E-state index contributed by atoms with van der Waals surface area (Å²) in [5.74, 6) is 0. The van der Waals surface area contributed by atoms with Gasteiger partial charge in [-0.05, 0) is 52.0 Å². The molecule has 2 nitrogen and oxygen atoms in total. The highest BCUT2D eigenvalue weighted by Gasteiger charge is 2.02. The molecule has 0 fully saturated rings. The molecule has 0 saturated carbocycles. The zero-order valence-electron chi connectivity index (χ0n) is 11.0. The molecule has 0 aromatic heterocycles. The maximum absolute atomic E-state index is 3.56. The minimum Gasteiger partial charge on any atom is -0.313 e. The van der Waals surface area contributed by atoms with E-state index < -0.39 is 0 Å². The quantitative estimate of drug-likeness (QED) is 0.777. The molecule has 0 aliphatic rings. The molecule has 1 aromatic carbocycles. The Balaban J connectivity index is 2.15. The Morgan fingerprint density at radius 2 is 2.00 bits per heavy atom. The second-order valence-corrected chi connectivity index (χ2v) is 5.55. The lowest BCUT2D eigenvalue weighted by atomic mass is 10.2. The summed E-state index contributed by atoms with van der Waals surface area (Å²) in [7, 11) is 2.18. The summed E-state index contributed by atoms with van der Waals surface area (Å²) in [5, 5.41) is 3.48. The molecule has 3 heteroatoms. The summed E-state index contributed by atoms with van der Waals surface area (Å²) >= 11 is 3.56. The van der Waals surface area contributed by atoms with Gasteiger partial charge in [0.1, 0.15) is 0 Å². The van der Waals surface area contributed by atoms with Gasteiger partial charge in [-0.1, -0.05) is 34.1 Å². The number of nitrogens with zero attached hydrogens (tertiary/aromatic N) is 1. The highest BCUT2D eigenvalue weighted by Crippen LogP contribution is 2.15. The van der Waals surface area contributed by atoms with Crippen molar-refractivity contribution in [2.45, 2.75) is 32.9 Å². The molecular weight excluding hydrogens is 276 g/mol. The van der Waals surface area contributed by atoms with Crippen LogP contribution in [0.15, 0.2) is 28.7 Å². The zero-order chi connectivity index (χ0) is 12.7. The topological polar surface area (TPSA) is 15.3 Å². The molecule has 0 unspecified atom stereocenters. The monoisotopic (exact) mass is 298 g/mol. The molecule has 1 N–H and O–H groups in total. The Morgan fingerprint density at radius 1 is 1.29 bits per heavy atom. The van der Waals surface area contributed by atoms with Gasteiger partial charge >= 0.3 is 0 Å². The van der Waals surface area contributed by atoms with E-state index in [0.717, 1.165) is 19.6 Å². The molecule has 0 heterocycles. The molecular formula is C14H23BrN2. The van der Waals surface area contributed by atoms with Crippen LogP contribution in [-0.2, 0) is 6.54 Å². The molecule has 0 bridgehead atoms. The van der Waals surface area contributed by atoms with Crippen molar-refractivity contribution in [3.8, 4) is 0 Å². The molecule has 0 aliphatic heterocycles. The van der Waals surface area contributed by atoms with E-state index >= 15 is 0 Å². The van der Waals surface area contributed by atoms with Gasteiger partial charge in [-0.15, -0.1) is 0 Å². The molecule has 0 saturated heterocycles. The lowest BCUT2D eigenvalue weighted by molar-refractivity contribution is 0.269. The predicted molar refractivity (Wildman–Crippen MR) is 78.2 cm³/mol. The normalized spacial score (nSPS) is 11.4. The van der Waals surface area contributed by atoms with Gasteiger partial charge in [0.15, 0.2) is 0 Å². The van der Waals surface area contributed by atoms with Crippen LogP contribution >= 0.6 is 15.9 Å². The van der Waals surface area contributed by atoms with E-state index in [9.17, 15) is 0 Å². The number of benzene rings is 1. The maximum Gasteiger partial charge on any atom is 0.0220 e. The third-order valence-corrected chi connectivity index (χ3v) is 3.79. The van der Waals surface area contributed by atoms with E-state index in [-0.39, 0.29) is 0 Å². The Morgan fingerprint density at radius 3 is 2.65 bits per heavy atom. The molecule has 0 atom stereocenters. The first-order chi connectivity index (χ1) is 8.11. The minimum absolute atomic E-state index is 0.637. The standard InChI is InChI=1S/C14H23BrN2/c1-12(2)17(3)10-6-9-16-11-13-7-4-5-8-14(13)15/h4-5,7-8,12,16H,6,9-11H2,1-3H3. The molecule has 1 rings (SSSR count). The molecule has 0 radical (unpaired) electrons. The summed E-state index contributed by atoms with van der Waals surface area (Å²) in [6, 6.07) is 9.00. The van der Waals surface area contributed by atoms with Gasteiger partial charge in [0.05, 0.1) is 0 Å². The van der Waals surface area contributed by atoms with E-state index in [1.54, 1.807) is 0 Å². The van der Waals surface area contributed by atoms with Crippen LogP contribution < -0.4 is 5.32 Å². The number of hydrogen-bond acceptors (Lipinski definition) is 2. The SMILES string of the molecule is CC(C)N(C)CCCNCc1ccccc1Br. The lowest BCUT2D eigenvalue weighted by Gasteiger charge is -2.20. The van der Waals surface area contributed by atoms with Crippen molar-refractivity contribution < 1.29 is 0 Å². The van der Waals surface area contributed by atoms with Crippen LogP contribution in [-0.4, -0.2) is 31.1 Å². The fourth-order valence-corrected chi connectivity index (χ4v) is 2.00. The second kappa shape index (κ2) is 7.85. The van der Waals surface area contributed by atoms with Gasteiger partial charge in [-0.2, -0.15) is 0 Å². The first kappa shape index (κ1) is 14.7. The Labute approximate surface area is 114 Å². The summed E-state index contributed by atoms with van der Waals surface area (Å²) in [4.78, 5) is 2.38. The van der Waals surface area contributed by atoms with Crippen molar-refractivity contribution in [3.63, 3.8) is 0 Å². The molecule has 96 valence electrons. The average molecular weight is 299 g/mol. The van der Waals surface area contributed by atoms with E-state index in [4.69, 9.17) is 0 Å². The van der Waals surface area contributed by atoms with Crippen LogP contribution in [0.3, 0.4) is 0 Å². The largest absolute Gasteiger partial charge is 0.313 e. The van der Waals surface area contributed by atoms with Gasteiger partial charge in [0.2, 0.25) is 0 Å². The summed E-state index contributed by atoms with van der Waals surface area (Å²) in [6.07, 6.45) is 1.19. The maximum atomic E-state index is 3.56. The van der Waals surface area contributed by atoms with Crippen LogP contribution in [0, 0.1) is 0 Å². The fourth-order valence-electron chi connectivity index (χ4n) is 1.58. The van der Waals surface area contributed by atoms with Crippen molar-refractivity contribution in [2.24, 2.45) is 0 Å². The van der Waals surface area contributed by atoms with Crippen LogP contribution in [0.25, 0.3) is 0 Å². The number of halogens is 1. The first-order valence-corrected chi connectivity index (χ1v) is 7.05. The van der Waals surface area contributed by atoms with E-state index in [0.29, 0.717) is 6.04 Å². The van der Waals surface area contributed by atoms with Crippen molar-refractivity contribution >= 4 is 15.9 Å². The van der Waals surface area contributed by atoms with Crippen LogP contribution in [0.4, 0.5) is 0 Å². The molecule has 0 aliphatic carbocycles. The molecule has 0 amide bonds. The Hall–Kier alpha value is -0.380. The van der Waals surface area contributed by atoms with Gasteiger partial charge in [0, 0.05) is 17.1 Å². The number of hydrogen-bond donors (Lipinski definition) is 1. The Kier molecular flexibility index (Phi) is 6.78. The van der Waals surface area contributed by atoms with Crippen LogP contribution in [0.2, 0.25) is 0 Å². The van der Waals surface area contributed by atoms with E-state index in [1.165, 1.54) is 16.5 Å². The predicted octanol–water partition coefficient (Wildman–Crippen LogP) is 3.27. The smallest absolute Gasteiger partial charge is 0.0220 e. The van der Waals surface area contributed by atoms with Gasteiger partial charge in [-0.3, -0.25) is 0 Å². The third-order valence-electron chi connectivity index (χ3n) is 3.02. The summed E-state index contributed by atoms with van der Waals surface area (Å²) < 4.78 is 1.19. The fraction of sp³-hybridized carbons (Fsp3) is 0.571. The van der Waals surface area contributed by atoms with Crippen molar-refractivity contribution in [2.75, 3.05) is 20.1 Å². The van der Waals surface area contributed by atoms with Crippen molar-refractivity contribution in [1.29, 1.82) is 0 Å². The summed E-state index contributed by atoms with van der Waals surface area (Å²) in [5.41, 5.74) is 1.32. The van der Waals surface area contributed by atoms with Gasteiger partial charge in [0.25, 0.3) is 0 Å². The minimum atomic E-state index is 0.637. The second-order valence-electron chi connectivity index (χ2n) is 4.70. The Bertz CT molecular complexity index is 326. The highest BCUT2D eigenvalue weighted by molar-refractivity contribution is 9.10. The van der Waals surface area contributed by atoms with Gasteiger partial charge < -0.3 is 10.2 Å². The number of rotatable bonds is 7. The first-order valence-electron chi connectivity index (χ1n) is 6.25. The molecule has 17 heavy (non-hydrogen) atoms. The average Bonchev–Trinajstić information content (AvgIpc) is 2.30. The third kappa shape index (κ3) is 5.66. The van der Waals surface area contributed by atoms with Crippen LogP contribution in [0.5, 0.6) is 0 Å². The molecule has 1 aromatic rings. The van der Waals surface area contributed by atoms with E-state index in [1.807, 2.05) is 6.07 Å².